The molecule has 1 atom stereocenters. The third kappa shape index (κ3) is 6.45. The number of rotatable bonds is 10. The number of anilines is 2. The Morgan fingerprint density at radius 2 is 1.82 bits per heavy atom. The number of benzene rings is 2. The van der Waals surface area contributed by atoms with Crippen LogP contribution in [0.2, 0.25) is 10.0 Å². The number of alkyl halides is 3. The number of nitrogens with one attached hydrogen (secondary N) is 1. The molecule has 0 aliphatic heterocycles. The van der Waals surface area contributed by atoms with E-state index in [1.54, 1.807) is 30.4 Å². The van der Waals surface area contributed by atoms with Crippen molar-refractivity contribution in [1.29, 1.82) is 0 Å². The van der Waals surface area contributed by atoms with E-state index in [0.717, 1.165) is 46.8 Å². The highest BCUT2D eigenvalue weighted by atomic mass is 35.5. The van der Waals surface area contributed by atoms with E-state index in [2.05, 4.69) is 10.7 Å². The van der Waals surface area contributed by atoms with E-state index in [4.69, 9.17) is 28.2 Å². The van der Waals surface area contributed by atoms with Gasteiger partial charge >= 0.3 is 6.18 Å². The number of hydrogen-bond donors (Lipinski definition) is 1. The van der Waals surface area contributed by atoms with Crippen molar-refractivity contribution in [2.45, 2.75) is 55.0 Å². The molecule has 1 unspecified atom stereocenters. The van der Waals surface area contributed by atoms with Crippen LogP contribution in [0.5, 0.6) is 0 Å². The first kappa shape index (κ1) is 28.4. The second-order valence-corrected chi connectivity index (χ2v) is 13.3. The second kappa shape index (κ2) is 11.0. The molecule has 2 fully saturated rings. The van der Waals surface area contributed by atoms with E-state index in [9.17, 15) is 22.2 Å². The zero-order valence-corrected chi connectivity index (χ0v) is 24.1. The minimum absolute atomic E-state index is 0.190. The highest BCUT2D eigenvalue weighted by molar-refractivity contribution is 7.85. The van der Waals surface area contributed by atoms with Crippen LogP contribution in [-0.2, 0) is 21.0 Å². The summed E-state index contributed by atoms with van der Waals surface area (Å²) in [6, 6.07) is 9.06. The first-order valence-corrected chi connectivity index (χ1v) is 15.5. The van der Waals surface area contributed by atoms with Gasteiger partial charge in [-0.05, 0) is 62.1 Å². The van der Waals surface area contributed by atoms with Gasteiger partial charge in [-0.2, -0.15) is 13.2 Å². The van der Waals surface area contributed by atoms with Gasteiger partial charge in [-0.15, -0.1) is 11.3 Å². The molecular weight excluding hydrogens is 590 g/mol. The van der Waals surface area contributed by atoms with Crippen LogP contribution < -0.4 is 10.2 Å². The first-order chi connectivity index (χ1) is 18.5. The largest absolute Gasteiger partial charge is 0.405 e. The van der Waals surface area contributed by atoms with E-state index in [0.29, 0.717) is 32.3 Å². The molecule has 0 saturated heterocycles. The van der Waals surface area contributed by atoms with Crippen molar-refractivity contribution >= 4 is 62.6 Å². The minimum atomic E-state index is -4.53. The molecule has 12 heteroatoms. The fourth-order valence-electron chi connectivity index (χ4n) is 4.67. The Hall–Kier alpha value is -2.14. The summed E-state index contributed by atoms with van der Waals surface area (Å²) in [6.45, 7) is -0.125. The molecule has 2 aliphatic rings. The van der Waals surface area contributed by atoms with Crippen LogP contribution in [-0.4, -0.2) is 40.1 Å². The molecule has 0 radical (unpaired) electrons. The van der Waals surface area contributed by atoms with Gasteiger partial charge in [-0.1, -0.05) is 30.1 Å². The highest BCUT2D eigenvalue weighted by Crippen LogP contribution is 2.59. The average Bonchev–Trinajstić information content (AvgIpc) is 3.81. The van der Waals surface area contributed by atoms with Crippen LogP contribution in [0.3, 0.4) is 0 Å². The number of halogens is 5. The maximum atomic E-state index is 13.3. The number of carbonyl (C=O) groups is 1. The SMILES string of the molecule is CCS(=O)c1ccc(N(CC(=O)Nc2cc(Cl)c(C3(c4nc(C5CC5)cs4)CC3)c(Cl)c2)CC(F)(F)F)cc1. The van der Waals surface area contributed by atoms with Gasteiger partial charge in [-0.25, -0.2) is 4.98 Å². The molecule has 5 rings (SSSR count). The lowest BCUT2D eigenvalue weighted by atomic mass is 9.96. The Kier molecular flexibility index (Phi) is 8.03. The summed E-state index contributed by atoms with van der Waals surface area (Å²) >= 11 is 15.0. The molecule has 1 heterocycles. The van der Waals surface area contributed by atoms with Crippen LogP contribution in [0.15, 0.2) is 46.7 Å². The van der Waals surface area contributed by atoms with Crippen LogP contribution in [0.1, 0.15) is 54.8 Å². The summed E-state index contributed by atoms with van der Waals surface area (Å²) < 4.78 is 52.0. The first-order valence-electron chi connectivity index (χ1n) is 12.5. The lowest BCUT2D eigenvalue weighted by Gasteiger charge is -2.26. The van der Waals surface area contributed by atoms with E-state index < -0.39 is 36.0 Å². The Labute approximate surface area is 241 Å². The van der Waals surface area contributed by atoms with Gasteiger partial charge in [0.25, 0.3) is 0 Å². The Morgan fingerprint density at radius 3 is 2.36 bits per heavy atom. The lowest BCUT2D eigenvalue weighted by Crippen LogP contribution is -2.39. The van der Waals surface area contributed by atoms with Crippen LogP contribution in [0.4, 0.5) is 24.5 Å². The van der Waals surface area contributed by atoms with Gasteiger partial charge < -0.3 is 10.2 Å². The molecule has 2 saturated carbocycles. The maximum absolute atomic E-state index is 13.3. The maximum Gasteiger partial charge on any atom is 0.405 e. The number of nitrogens with zero attached hydrogens (tertiary/aromatic N) is 2. The highest BCUT2D eigenvalue weighted by Gasteiger charge is 2.51. The molecule has 0 bridgehead atoms. The van der Waals surface area contributed by atoms with Crippen molar-refractivity contribution in [3.63, 3.8) is 0 Å². The molecule has 2 aliphatic carbocycles. The van der Waals surface area contributed by atoms with Gasteiger partial charge in [0.1, 0.15) is 11.6 Å². The summed E-state index contributed by atoms with van der Waals surface area (Å²) in [6.07, 6.45) is -0.470. The molecule has 2 aromatic carbocycles. The topological polar surface area (TPSA) is 62.3 Å². The summed E-state index contributed by atoms with van der Waals surface area (Å²) in [4.78, 5) is 19.1. The van der Waals surface area contributed by atoms with Crippen LogP contribution in [0.25, 0.3) is 0 Å². The van der Waals surface area contributed by atoms with Crippen molar-refractivity contribution in [2.75, 3.05) is 29.1 Å². The van der Waals surface area contributed by atoms with Crippen molar-refractivity contribution < 1.29 is 22.2 Å². The number of amides is 1. The molecule has 0 spiro atoms. The smallest absolute Gasteiger partial charge is 0.353 e. The average molecular weight is 617 g/mol. The molecule has 1 aromatic heterocycles. The Balaban J connectivity index is 1.32. The van der Waals surface area contributed by atoms with Gasteiger partial charge in [0.2, 0.25) is 5.91 Å². The van der Waals surface area contributed by atoms with E-state index >= 15 is 0 Å². The second-order valence-electron chi connectivity index (χ2n) is 9.90. The Bertz CT molecular complexity index is 1380. The van der Waals surface area contributed by atoms with Gasteiger partial charge in [0.15, 0.2) is 0 Å². The summed E-state index contributed by atoms with van der Waals surface area (Å²) in [5.41, 5.74) is 2.03. The summed E-state index contributed by atoms with van der Waals surface area (Å²) in [5, 5.41) is 6.49. The van der Waals surface area contributed by atoms with Gasteiger partial charge in [-0.3, -0.25) is 9.00 Å². The quantitative estimate of drug-likeness (QED) is 0.256. The predicted molar refractivity (Wildman–Crippen MR) is 151 cm³/mol. The summed E-state index contributed by atoms with van der Waals surface area (Å²) in [7, 11) is -1.24. The number of thiazole rings is 1. The molecule has 3 aromatic rings. The van der Waals surface area contributed by atoms with Crippen molar-refractivity contribution in [1.82, 2.24) is 4.98 Å². The molecule has 5 nitrogen and oxygen atoms in total. The van der Waals surface area contributed by atoms with Crippen molar-refractivity contribution in [3.05, 3.63) is 68.1 Å². The van der Waals surface area contributed by atoms with E-state index in [1.165, 1.54) is 24.3 Å². The Morgan fingerprint density at radius 1 is 1.18 bits per heavy atom. The van der Waals surface area contributed by atoms with Gasteiger partial charge in [0, 0.05) is 48.9 Å². The lowest BCUT2D eigenvalue weighted by molar-refractivity contribution is -0.122. The van der Waals surface area contributed by atoms with Crippen LogP contribution >= 0.6 is 34.5 Å². The fraction of sp³-hybridized carbons (Fsp3) is 0.407. The normalized spacial score (nSPS) is 17.1. The third-order valence-electron chi connectivity index (χ3n) is 6.91. The van der Waals surface area contributed by atoms with Crippen molar-refractivity contribution in [2.24, 2.45) is 0 Å². The number of hydrogen-bond acceptors (Lipinski definition) is 5. The standard InChI is InChI=1S/C27H26Cl2F3N3O2S2/c1-2-39(37)19-7-5-18(6-8-19)35(15-27(30,31)32)13-23(36)33-17-11-20(28)24(21(29)12-17)26(9-10-26)25-34-22(14-38-25)16-3-4-16/h5-8,11-12,14,16H,2-4,9-10,13,15H2,1H3,(H,33,36). The number of carbonyl (C=O) groups excluding carboxylic acids is 1. The third-order valence-corrected chi connectivity index (χ3v) is 9.90. The monoisotopic (exact) mass is 615 g/mol. The summed E-state index contributed by atoms with van der Waals surface area (Å²) in [5.74, 6) is 0.282. The molecular formula is C27H26Cl2F3N3O2S2. The number of aromatic nitrogens is 1. The van der Waals surface area contributed by atoms with Crippen LogP contribution in [0, 0.1) is 0 Å². The van der Waals surface area contributed by atoms with Crippen molar-refractivity contribution in [3.8, 4) is 0 Å². The van der Waals surface area contributed by atoms with Gasteiger partial charge in [0.05, 0.1) is 28.5 Å². The molecule has 1 N–H and O–H groups in total. The molecule has 1 amide bonds. The van der Waals surface area contributed by atoms with E-state index in [-0.39, 0.29) is 11.1 Å². The zero-order chi connectivity index (χ0) is 27.9. The minimum Gasteiger partial charge on any atom is -0.353 e. The zero-order valence-electron chi connectivity index (χ0n) is 21.0. The van der Waals surface area contributed by atoms with E-state index in [1.807, 2.05) is 0 Å². The molecule has 208 valence electrons. The fourth-order valence-corrected chi connectivity index (χ4v) is 7.46. The molecule has 39 heavy (non-hydrogen) atoms. The predicted octanol–water partition coefficient (Wildman–Crippen LogP) is 7.54.